The minimum absolute atomic E-state index is 0.133. The Morgan fingerprint density at radius 2 is 2.10 bits per heavy atom. The Kier molecular flexibility index (Phi) is 3.73. The van der Waals surface area contributed by atoms with Crippen LogP contribution in [-0.4, -0.2) is 58.4 Å². The summed E-state index contributed by atoms with van der Waals surface area (Å²) < 4.78 is 12.9. The maximum atomic E-state index is 14.3. The van der Waals surface area contributed by atoms with Crippen LogP contribution in [0.5, 0.6) is 11.5 Å². The smallest absolute Gasteiger partial charge is 0.165 e. The minimum atomic E-state index is -0.631. The van der Waals surface area contributed by atoms with E-state index in [9.17, 15) is 15.4 Å². The van der Waals surface area contributed by atoms with Gasteiger partial charge in [-0.05, 0) is 43.7 Å². The molecular weight excluding hydrogens is 370 g/mol. The van der Waals surface area contributed by atoms with Crippen LogP contribution in [0.4, 0.5) is 0 Å². The molecule has 0 radical (unpaired) electrons. The van der Waals surface area contributed by atoms with Crippen molar-refractivity contribution in [3.05, 3.63) is 28.5 Å². The van der Waals surface area contributed by atoms with Gasteiger partial charge in [0.05, 0.1) is 24.6 Å². The second-order valence-electron chi connectivity index (χ2n) is 10.1. The van der Waals surface area contributed by atoms with E-state index in [-0.39, 0.29) is 16.4 Å². The van der Waals surface area contributed by atoms with Gasteiger partial charge in [-0.2, -0.15) is 0 Å². The molecule has 0 amide bonds. The van der Waals surface area contributed by atoms with E-state index in [1.165, 1.54) is 12.8 Å². The van der Waals surface area contributed by atoms with E-state index in [0.717, 1.165) is 17.5 Å². The quantitative estimate of drug-likeness (QED) is 0.586. The maximum absolute atomic E-state index is 14.3. The van der Waals surface area contributed by atoms with E-state index in [2.05, 4.69) is 6.92 Å². The number of phenols is 1. The van der Waals surface area contributed by atoms with Crippen molar-refractivity contribution >= 4 is 0 Å². The Bertz CT molecular complexity index is 852. The highest BCUT2D eigenvalue weighted by Gasteiger charge is 2.76. The van der Waals surface area contributed by atoms with Crippen LogP contribution in [-0.2, 0) is 16.6 Å². The summed E-state index contributed by atoms with van der Waals surface area (Å²) in [5.41, 5.74) is 0.950. The van der Waals surface area contributed by atoms with Gasteiger partial charge in [0, 0.05) is 30.9 Å². The molecule has 3 fully saturated rings. The summed E-state index contributed by atoms with van der Waals surface area (Å²) in [6, 6.07) is 3.47. The van der Waals surface area contributed by atoms with Crippen molar-refractivity contribution in [2.45, 2.75) is 81.1 Å². The lowest BCUT2D eigenvalue weighted by molar-refractivity contribution is -0.924. The van der Waals surface area contributed by atoms with Crippen molar-refractivity contribution in [1.82, 2.24) is 0 Å². The van der Waals surface area contributed by atoms with Gasteiger partial charge in [0.15, 0.2) is 11.5 Å². The van der Waals surface area contributed by atoms with Gasteiger partial charge in [0.2, 0.25) is 0 Å². The first-order valence-corrected chi connectivity index (χ1v) is 11.4. The molecule has 2 saturated carbocycles. The fraction of sp³-hybridized carbons (Fsp3) is 0.739. The molecule has 1 spiro atoms. The fourth-order valence-corrected chi connectivity index (χ4v) is 7.28. The number of aliphatic hydroxyl groups excluding tert-OH is 1. The molecule has 2 aliphatic heterocycles. The van der Waals surface area contributed by atoms with Gasteiger partial charge in [-0.25, -0.2) is 0 Å². The van der Waals surface area contributed by atoms with Crippen molar-refractivity contribution in [3.63, 3.8) is 0 Å². The maximum Gasteiger partial charge on any atom is 0.165 e. The van der Waals surface area contributed by atoms with Crippen molar-refractivity contribution in [2.24, 2.45) is 5.92 Å². The van der Waals surface area contributed by atoms with Gasteiger partial charge in [-0.1, -0.05) is 13.0 Å². The van der Waals surface area contributed by atoms with Gasteiger partial charge in [0.1, 0.15) is 17.7 Å². The van der Waals surface area contributed by atoms with Crippen LogP contribution in [0.3, 0.4) is 0 Å². The lowest BCUT2D eigenvalue weighted by atomic mass is 9.48. The topological polar surface area (TPSA) is 82.0 Å². The van der Waals surface area contributed by atoms with E-state index >= 15 is 0 Å². The molecule has 2 bridgehead atoms. The van der Waals surface area contributed by atoms with Crippen LogP contribution in [0, 0.1) is 11.1 Å². The van der Waals surface area contributed by atoms with Crippen molar-refractivity contribution < 1.29 is 24.3 Å². The number of quaternary nitrogens is 1. The number of likely N-dealkylation sites (tertiary alicyclic amines) is 1. The number of hydroxylamine groups is 3. The third-order valence-corrected chi connectivity index (χ3v) is 8.55. The molecular formula is C23H31NO5. The molecule has 6 atom stereocenters. The van der Waals surface area contributed by atoms with E-state index in [1.54, 1.807) is 6.07 Å². The zero-order valence-corrected chi connectivity index (χ0v) is 17.1. The first kappa shape index (κ1) is 18.4. The Balaban J connectivity index is 1.59. The standard InChI is InChI=1S/C23H31NO5/c1-2-11-28-23-8-7-17(26)21-22(23)9-10-24(27,13-14-3-4-14)18(23)12-15-5-6-16(25)20(29-21)19(15)22/h5-6,14,17-18,21,25-26H,2-4,7-13H2,1H3/t17-,18+,21-,22-,23?,24-/m0/s1. The van der Waals surface area contributed by atoms with Crippen molar-refractivity contribution in [1.29, 1.82) is 0 Å². The number of benzene rings is 1. The average Bonchev–Trinajstić information content (AvgIpc) is 3.43. The average molecular weight is 402 g/mol. The highest BCUT2D eigenvalue weighted by molar-refractivity contribution is 5.62. The lowest BCUT2D eigenvalue weighted by Crippen LogP contribution is -2.81. The van der Waals surface area contributed by atoms with Gasteiger partial charge >= 0.3 is 0 Å². The monoisotopic (exact) mass is 401 g/mol. The Morgan fingerprint density at radius 1 is 1.28 bits per heavy atom. The molecule has 29 heavy (non-hydrogen) atoms. The normalized spacial score (nSPS) is 44.3. The third kappa shape index (κ3) is 2.16. The van der Waals surface area contributed by atoms with Crippen molar-refractivity contribution in [2.75, 3.05) is 19.7 Å². The molecule has 6 rings (SSSR count). The summed E-state index contributed by atoms with van der Waals surface area (Å²) in [6.07, 6.45) is 4.73. The van der Waals surface area contributed by atoms with E-state index in [4.69, 9.17) is 9.47 Å². The number of rotatable bonds is 5. The molecule has 2 heterocycles. The van der Waals surface area contributed by atoms with Crippen molar-refractivity contribution in [3.8, 4) is 11.5 Å². The molecule has 2 N–H and O–H groups in total. The van der Waals surface area contributed by atoms with Crippen LogP contribution in [0.15, 0.2) is 12.1 Å². The van der Waals surface area contributed by atoms with Crippen LogP contribution < -0.4 is 4.74 Å². The van der Waals surface area contributed by atoms with Crippen LogP contribution in [0.1, 0.15) is 56.6 Å². The summed E-state index contributed by atoms with van der Waals surface area (Å²) >= 11 is 0. The van der Waals surface area contributed by atoms with E-state index in [1.807, 2.05) is 6.07 Å². The number of piperidine rings is 1. The Hall–Kier alpha value is -1.34. The van der Waals surface area contributed by atoms with Gasteiger partial charge in [-0.3, -0.25) is 0 Å². The first-order valence-electron chi connectivity index (χ1n) is 11.4. The van der Waals surface area contributed by atoms with Crippen LogP contribution in [0.25, 0.3) is 0 Å². The summed E-state index contributed by atoms with van der Waals surface area (Å²) in [7, 11) is 0. The van der Waals surface area contributed by atoms with E-state index in [0.29, 0.717) is 57.0 Å². The number of hydrogen-bond acceptors (Lipinski definition) is 5. The summed E-state index contributed by atoms with van der Waals surface area (Å²) in [5, 5.41) is 35.9. The predicted octanol–water partition coefficient (Wildman–Crippen LogP) is 2.76. The summed E-state index contributed by atoms with van der Waals surface area (Å²) in [6.45, 7) is 3.93. The largest absolute Gasteiger partial charge is 0.632 e. The molecule has 0 aromatic heterocycles. The molecule has 6 heteroatoms. The SMILES string of the molecule is CCCOC12CC[C@H](O)[C@@H]3Oc4c(O)ccc5c4[C@@]31CC[N@+]([O-])(CC1CC1)[C@@H]2C5. The second kappa shape index (κ2) is 5.88. The van der Waals surface area contributed by atoms with Gasteiger partial charge < -0.3 is 29.5 Å². The number of aromatic hydroxyl groups is 1. The van der Waals surface area contributed by atoms with Gasteiger partial charge in [0.25, 0.3) is 0 Å². The fourth-order valence-electron chi connectivity index (χ4n) is 7.28. The molecule has 1 unspecified atom stereocenters. The van der Waals surface area contributed by atoms with Gasteiger partial charge in [-0.15, -0.1) is 0 Å². The molecule has 158 valence electrons. The molecule has 1 aromatic rings. The number of hydrogen-bond donors (Lipinski definition) is 2. The number of phenolic OH excluding ortho intramolecular Hbond substituents is 1. The summed E-state index contributed by atoms with van der Waals surface area (Å²) in [4.78, 5) is 0. The number of ether oxygens (including phenoxy) is 2. The molecule has 1 saturated heterocycles. The second-order valence-corrected chi connectivity index (χ2v) is 10.1. The molecule has 3 aliphatic carbocycles. The van der Waals surface area contributed by atoms with Crippen LogP contribution >= 0.6 is 0 Å². The van der Waals surface area contributed by atoms with Crippen LogP contribution in [0.2, 0.25) is 0 Å². The zero-order valence-electron chi connectivity index (χ0n) is 17.1. The number of nitrogens with zero attached hydrogens (tertiary/aromatic N) is 1. The third-order valence-electron chi connectivity index (χ3n) is 8.55. The summed E-state index contributed by atoms with van der Waals surface area (Å²) in [5.74, 6) is 1.20. The Labute approximate surface area is 171 Å². The first-order chi connectivity index (χ1) is 14.0. The van der Waals surface area contributed by atoms with E-state index < -0.39 is 23.2 Å². The lowest BCUT2D eigenvalue weighted by Gasteiger charge is -2.69. The molecule has 6 nitrogen and oxygen atoms in total. The predicted molar refractivity (Wildman–Crippen MR) is 107 cm³/mol. The highest BCUT2D eigenvalue weighted by Crippen LogP contribution is 2.67. The number of aliphatic hydroxyl groups is 1. The minimum Gasteiger partial charge on any atom is -0.632 e. The highest BCUT2D eigenvalue weighted by atomic mass is 16.6. The molecule has 5 aliphatic rings. The molecule has 1 aromatic carbocycles. The zero-order chi connectivity index (χ0) is 20.0. The Morgan fingerprint density at radius 3 is 2.86 bits per heavy atom.